The molecule has 0 atom stereocenters. The van der Waals surface area contributed by atoms with Gasteiger partial charge in [-0.1, -0.05) is 26.2 Å². The van der Waals surface area contributed by atoms with Gasteiger partial charge in [0.25, 0.3) is 0 Å². The molecule has 14 heavy (non-hydrogen) atoms. The molecule has 82 valence electrons. The van der Waals surface area contributed by atoms with Crippen LogP contribution in [0.25, 0.3) is 0 Å². The van der Waals surface area contributed by atoms with Gasteiger partial charge in [0.2, 0.25) is 0 Å². The molecule has 0 unspecified atom stereocenters. The summed E-state index contributed by atoms with van der Waals surface area (Å²) in [5, 5.41) is 0.648. The van der Waals surface area contributed by atoms with Gasteiger partial charge in [-0.25, -0.2) is 4.79 Å². The molecule has 0 aromatic carbocycles. The van der Waals surface area contributed by atoms with Crippen LogP contribution in [0.2, 0.25) is 19.6 Å². The van der Waals surface area contributed by atoms with Crippen molar-refractivity contribution in [2.75, 3.05) is 13.1 Å². The first-order valence-corrected chi connectivity index (χ1v) is 8.49. The molecule has 0 radical (unpaired) electrons. The molecule has 0 heterocycles. The predicted molar refractivity (Wildman–Crippen MR) is 61.9 cm³/mol. The van der Waals surface area contributed by atoms with E-state index in [0.29, 0.717) is 18.5 Å². The maximum Gasteiger partial charge on any atom is 0.414 e. The number of ether oxygens (including phenoxy) is 1. The summed E-state index contributed by atoms with van der Waals surface area (Å²) >= 11 is 0. The van der Waals surface area contributed by atoms with E-state index >= 15 is 0 Å². The van der Waals surface area contributed by atoms with Crippen LogP contribution in [-0.2, 0) is 4.74 Å². The highest BCUT2D eigenvalue weighted by molar-refractivity contribution is 6.82. The Hall–Kier alpha value is -0.773. The number of rotatable bonds is 4. The van der Waals surface area contributed by atoms with E-state index in [0.717, 1.165) is 0 Å². The van der Waals surface area contributed by atoms with E-state index in [2.05, 4.69) is 26.2 Å². The van der Waals surface area contributed by atoms with Crippen molar-refractivity contribution >= 4 is 14.2 Å². The summed E-state index contributed by atoms with van der Waals surface area (Å²) in [7, 11) is -1.56. The molecule has 0 aliphatic heterocycles. The van der Waals surface area contributed by atoms with Crippen LogP contribution in [0.5, 0.6) is 0 Å². The van der Waals surface area contributed by atoms with Gasteiger partial charge >= 0.3 is 6.09 Å². The standard InChI is InChI=1S/C10H21NO2Si/c1-7-11(8-2)10(12)13-9(3)14(4,5)6/h3,7-8H2,1-2,4-6H3. The molecule has 0 rings (SSSR count). The normalized spacial score (nSPS) is 10.9. The summed E-state index contributed by atoms with van der Waals surface area (Å²) in [4.78, 5) is 13.2. The van der Waals surface area contributed by atoms with Crippen LogP contribution in [-0.4, -0.2) is 32.2 Å². The zero-order valence-electron chi connectivity index (χ0n) is 9.89. The van der Waals surface area contributed by atoms with Crippen LogP contribution in [0.4, 0.5) is 4.79 Å². The van der Waals surface area contributed by atoms with E-state index in [9.17, 15) is 4.79 Å². The van der Waals surface area contributed by atoms with Crippen molar-refractivity contribution in [1.82, 2.24) is 4.90 Å². The molecule has 0 aromatic heterocycles. The largest absolute Gasteiger partial charge is 0.421 e. The summed E-state index contributed by atoms with van der Waals surface area (Å²) in [6.07, 6.45) is -0.276. The van der Waals surface area contributed by atoms with E-state index in [-0.39, 0.29) is 6.09 Å². The second-order valence-corrected chi connectivity index (χ2v) is 9.27. The number of nitrogens with zero attached hydrogens (tertiary/aromatic N) is 1. The Balaban J connectivity index is 4.26. The second kappa shape index (κ2) is 5.19. The van der Waals surface area contributed by atoms with Crippen LogP contribution in [0.3, 0.4) is 0 Å². The molecule has 0 aliphatic rings. The summed E-state index contributed by atoms with van der Waals surface area (Å²) in [6.45, 7) is 15.3. The van der Waals surface area contributed by atoms with E-state index < -0.39 is 8.07 Å². The lowest BCUT2D eigenvalue weighted by molar-refractivity contribution is 0.138. The first-order valence-electron chi connectivity index (χ1n) is 4.99. The predicted octanol–water partition coefficient (Wildman–Crippen LogP) is 2.86. The first kappa shape index (κ1) is 13.2. The van der Waals surface area contributed by atoms with Crippen molar-refractivity contribution in [2.24, 2.45) is 0 Å². The Labute approximate surface area is 87.8 Å². The molecule has 0 bridgehead atoms. The van der Waals surface area contributed by atoms with Crippen LogP contribution in [0, 0.1) is 0 Å². The highest BCUT2D eigenvalue weighted by atomic mass is 28.3. The number of hydrogen-bond acceptors (Lipinski definition) is 2. The molecular weight excluding hydrogens is 194 g/mol. The van der Waals surface area contributed by atoms with Crippen molar-refractivity contribution in [1.29, 1.82) is 0 Å². The molecular formula is C10H21NO2Si. The average molecular weight is 215 g/mol. The van der Waals surface area contributed by atoms with Gasteiger partial charge in [0, 0.05) is 13.1 Å². The lowest BCUT2D eigenvalue weighted by Crippen LogP contribution is -2.35. The van der Waals surface area contributed by atoms with Gasteiger partial charge in [0.05, 0.1) is 5.38 Å². The minimum atomic E-state index is -1.56. The van der Waals surface area contributed by atoms with E-state index in [1.165, 1.54) is 0 Å². The van der Waals surface area contributed by atoms with Gasteiger partial charge in [-0.3, -0.25) is 0 Å². The van der Waals surface area contributed by atoms with Crippen LogP contribution in [0.15, 0.2) is 12.0 Å². The number of hydrogen-bond donors (Lipinski definition) is 0. The lowest BCUT2D eigenvalue weighted by atomic mass is 10.6. The van der Waals surface area contributed by atoms with Crippen LogP contribution in [0.1, 0.15) is 13.8 Å². The Kier molecular flexibility index (Phi) is 4.91. The fourth-order valence-electron chi connectivity index (χ4n) is 0.805. The molecule has 4 heteroatoms. The Morgan fingerprint density at radius 3 is 2.00 bits per heavy atom. The highest BCUT2D eigenvalue weighted by Crippen LogP contribution is 2.14. The Morgan fingerprint density at radius 2 is 1.71 bits per heavy atom. The van der Waals surface area contributed by atoms with Crippen LogP contribution >= 0.6 is 0 Å². The second-order valence-electron chi connectivity index (χ2n) is 4.21. The fraction of sp³-hybridized carbons (Fsp3) is 0.700. The first-order chi connectivity index (χ1) is 6.32. The SMILES string of the molecule is C=C(OC(=O)N(CC)CC)[Si](C)(C)C. The molecule has 3 nitrogen and oxygen atoms in total. The molecule has 1 amide bonds. The monoisotopic (exact) mass is 215 g/mol. The maximum absolute atomic E-state index is 11.5. The van der Waals surface area contributed by atoms with Gasteiger partial charge in [0.1, 0.15) is 8.07 Å². The van der Waals surface area contributed by atoms with E-state index in [1.54, 1.807) is 4.90 Å². The lowest BCUT2D eigenvalue weighted by Gasteiger charge is -2.23. The van der Waals surface area contributed by atoms with Gasteiger partial charge < -0.3 is 9.64 Å². The average Bonchev–Trinajstić information content (AvgIpc) is 2.04. The molecule has 0 aromatic rings. The summed E-state index contributed by atoms with van der Waals surface area (Å²) in [5.41, 5.74) is 0. The zero-order valence-corrected chi connectivity index (χ0v) is 10.9. The van der Waals surface area contributed by atoms with Crippen molar-refractivity contribution in [3.05, 3.63) is 12.0 Å². The van der Waals surface area contributed by atoms with Crippen molar-refractivity contribution in [3.8, 4) is 0 Å². The number of carbonyl (C=O) groups is 1. The van der Waals surface area contributed by atoms with Gasteiger partial charge in [0.15, 0.2) is 0 Å². The molecule has 0 aliphatic carbocycles. The third kappa shape index (κ3) is 3.96. The molecule has 0 saturated carbocycles. The fourth-order valence-corrected chi connectivity index (χ4v) is 1.20. The molecule has 0 saturated heterocycles. The minimum Gasteiger partial charge on any atom is -0.421 e. The van der Waals surface area contributed by atoms with Gasteiger partial charge in [-0.05, 0) is 13.8 Å². The molecule has 0 spiro atoms. The van der Waals surface area contributed by atoms with Crippen LogP contribution < -0.4 is 0 Å². The summed E-state index contributed by atoms with van der Waals surface area (Å²) < 4.78 is 5.21. The summed E-state index contributed by atoms with van der Waals surface area (Å²) in [6, 6.07) is 0. The van der Waals surface area contributed by atoms with Crippen molar-refractivity contribution < 1.29 is 9.53 Å². The topological polar surface area (TPSA) is 29.5 Å². The quantitative estimate of drug-likeness (QED) is 0.533. The van der Waals surface area contributed by atoms with E-state index in [4.69, 9.17) is 4.74 Å². The summed E-state index contributed by atoms with van der Waals surface area (Å²) in [5.74, 6) is 0. The smallest absolute Gasteiger partial charge is 0.414 e. The van der Waals surface area contributed by atoms with E-state index in [1.807, 2.05) is 13.8 Å². The van der Waals surface area contributed by atoms with Crippen molar-refractivity contribution in [2.45, 2.75) is 33.5 Å². The van der Waals surface area contributed by atoms with Gasteiger partial charge in [-0.2, -0.15) is 0 Å². The Morgan fingerprint density at radius 1 is 1.29 bits per heavy atom. The Bertz CT molecular complexity index is 217. The number of amides is 1. The number of carbonyl (C=O) groups excluding carboxylic acids is 1. The zero-order chi connectivity index (χ0) is 11.4. The van der Waals surface area contributed by atoms with Crippen molar-refractivity contribution in [3.63, 3.8) is 0 Å². The third-order valence-electron chi connectivity index (χ3n) is 2.07. The van der Waals surface area contributed by atoms with Gasteiger partial charge in [-0.15, -0.1) is 0 Å². The third-order valence-corrected chi connectivity index (χ3v) is 3.84. The molecule has 0 fully saturated rings. The minimum absolute atomic E-state index is 0.276. The maximum atomic E-state index is 11.5. The molecule has 0 N–H and O–H groups in total. The highest BCUT2D eigenvalue weighted by Gasteiger charge is 2.23.